The van der Waals surface area contributed by atoms with Gasteiger partial charge in [-0.2, -0.15) is 0 Å². The number of hydrogen-bond donors (Lipinski definition) is 1. The summed E-state index contributed by atoms with van der Waals surface area (Å²) in [7, 11) is 0. The third kappa shape index (κ3) is 3.25. The minimum Gasteiger partial charge on any atom is -0.344 e. The van der Waals surface area contributed by atoms with Gasteiger partial charge in [0.15, 0.2) is 0 Å². The van der Waals surface area contributed by atoms with Crippen LogP contribution in [0.2, 0.25) is 0 Å². The Morgan fingerprint density at radius 2 is 2.05 bits per heavy atom. The van der Waals surface area contributed by atoms with Gasteiger partial charge in [-0.25, -0.2) is 4.98 Å². The summed E-state index contributed by atoms with van der Waals surface area (Å²) in [5, 5.41) is 2.99. The normalized spacial score (nSPS) is 12.0. The number of nitrogens with zero attached hydrogens (tertiary/aromatic N) is 1. The fourth-order valence-electron chi connectivity index (χ4n) is 2.12. The third-order valence-electron chi connectivity index (χ3n) is 3.22. The van der Waals surface area contributed by atoms with E-state index in [1.165, 1.54) is 11.1 Å². The summed E-state index contributed by atoms with van der Waals surface area (Å²) >= 11 is 3.35. The Hall–Kier alpha value is -1.68. The van der Waals surface area contributed by atoms with Crippen LogP contribution >= 0.6 is 15.9 Å². The van der Waals surface area contributed by atoms with Gasteiger partial charge in [0, 0.05) is 10.7 Å². The minimum absolute atomic E-state index is 0.0590. The fourth-order valence-corrected chi connectivity index (χ4v) is 2.56. The van der Waals surface area contributed by atoms with Crippen LogP contribution in [0, 0.1) is 13.8 Å². The van der Waals surface area contributed by atoms with Gasteiger partial charge in [0.1, 0.15) is 5.69 Å². The summed E-state index contributed by atoms with van der Waals surface area (Å²) in [6.07, 6.45) is 1.61. The van der Waals surface area contributed by atoms with Gasteiger partial charge in [-0.05, 0) is 60.0 Å². The highest BCUT2D eigenvalue weighted by molar-refractivity contribution is 9.10. The maximum Gasteiger partial charge on any atom is 0.271 e. The number of aromatic nitrogens is 1. The molecule has 3 nitrogen and oxygen atoms in total. The predicted octanol–water partition coefficient (Wildman–Crippen LogP) is 3.95. The van der Waals surface area contributed by atoms with Gasteiger partial charge in [0.2, 0.25) is 0 Å². The molecule has 0 bridgehead atoms. The second kappa shape index (κ2) is 6.18. The van der Waals surface area contributed by atoms with Crippen molar-refractivity contribution >= 4 is 21.8 Å². The van der Waals surface area contributed by atoms with E-state index in [4.69, 9.17) is 0 Å². The number of carbonyl (C=O) groups excluding carboxylic acids is 1. The van der Waals surface area contributed by atoms with Crippen LogP contribution in [0.25, 0.3) is 0 Å². The van der Waals surface area contributed by atoms with E-state index in [0.29, 0.717) is 10.2 Å². The molecule has 2 rings (SSSR count). The zero-order chi connectivity index (χ0) is 14.7. The van der Waals surface area contributed by atoms with Crippen molar-refractivity contribution in [3.63, 3.8) is 0 Å². The molecule has 4 heteroatoms. The van der Waals surface area contributed by atoms with E-state index in [1.807, 2.05) is 26.8 Å². The van der Waals surface area contributed by atoms with Crippen LogP contribution in [-0.2, 0) is 0 Å². The van der Waals surface area contributed by atoms with Crippen LogP contribution in [0.1, 0.15) is 40.1 Å². The van der Waals surface area contributed by atoms with Crippen LogP contribution in [0.3, 0.4) is 0 Å². The second-order valence-electron chi connectivity index (χ2n) is 4.89. The third-order valence-corrected chi connectivity index (χ3v) is 3.86. The molecule has 1 atom stereocenters. The molecule has 0 fully saturated rings. The number of benzene rings is 1. The average molecular weight is 333 g/mol. The Balaban J connectivity index is 2.19. The summed E-state index contributed by atoms with van der Waals surface area (Å²) in [6, 6.07) is 9.79. The summed E-state index contributed by atoms with van der Waals surface area (Å²) in [4.78, 5) is 16.3. The van der Waals surface area contributed by atoms with Crippen molar-refractivity contribution in [1.82, 2.24) is 10.3 Å². The summed E-state index contributed by atoms with van der Waals surface area (Å²) in [5.41, 5.74) is 3.89. The Labute approximate surface area is 127 Å². The number of nitrogens with one attached hydrogen (secondary N) is 1. The first-order valence-corrected chi connectivity index (χ1v) is 7.27. The molecule has 0 radical (unpaired) electrons. The molecule has 1 aromatic heterocycles. The first-order chi connectivity index (χ1) is 9.49. The van der Waals surface area contributed by atoms with Crippen molar-refractivity contribution in [3.05, 3.63) is 63.4 Å². The average Bonchev–Trinajstić information content (AvgIpc) is 2.41. The number of carbonyl (C=O) groups is 1. The molecule has 104 valence electrons. The van der Waals surface area contributed by atoms with Crippen molar-refractivity contribution in [2.45, 2.75) is 26.8 Å². The van der Waals surface area contributed by atoms with Gasteiger partial charge in [-0.1, -0.05) is 23.8 Å². The molecule has 0 saturated carbocycles. The number of pyridine rings is 1. The van der Waals surface area contributed by atoms with E-state index >= 15 is 0 Å². The summed E-state index contributed by atoms with van der Waals surface area (Å²) in [6.45, 7) is 6.08. The smallest absolute Gasteiger partial charge is 0.271 e. The number of aryl methyl sites for hydroxylation is 2. The predicted molar refractivity (Wildman–Crippen MR) is 83.7 cm³/mol. The summed E-state index contributed by atoms with van der Waals surface area (Å²) in [5.74, 6) is -0.175. The van der Waals surface area contributed by atoms with Crippen LogP contribution in [-0.4, -0.2) is 10.9 Å². The molecular formula is C16H17BrN2O. The van der Waals surface area contributed by atoms with Crippen molar-refractivity contribution in [1.29, 1.82) is 0 Å². The van der Waals surface area contributed by atoms with Gasteiger partial charge in [0.25, 0.3) is 5.91 Å². The Morgan fingerprint density at radius 1 is 1.30 bits per heavy atom. The Morgan fingerprint density at radius 3 is 2.75 bits per heavy atom. The van der Waals surface area contributed by atoms with Crippen LogP contribution < -0.4 is 5.32 Å². The highest BCUT2D eigenvalue weighted by Gasteiger charge is 2.16. The lowest BCUT2D eigenvalue weighted by Gasteiger charge is -2.17. The molecule has 20 heavy (non-hydrogen) atoms. The molecule has 1 amide bonds. The molecule has 0 aliphatic heterocycles. The second-order valence-corrected chi connectivity index (χ2v) is 5.74. The topological polar surface area (TPSA) is 42.0 Å². The van der Waals surface area contributed by atoms with Crippen molar-refractivity contribution in [3.8, 4) is 0 Å². The molecule has 0 aliphatic rings. The first kappa shape index (κ1) is 14.7. The molecule has 0 spiro atoms. The van der Waals surface area contributed by atoms with E-state index in [9.17, 15) is 4.79 Å². The SMILES string of the molecule is Cc1ccc(C)c(C(C)NC(=O)c2ncccc2Br)c1. The molecule has 2 aromatic rings. The highest BCUT2D eigenvalue weighted by atomic mass is 79.9. The molecule has 0 aliphatic carbocycles. The van der Waals surface area contributed by atoms with E-state index in [-0.39, 0.29) is 11.9 Å². The van der Waals surface area contributed by atoms with Gasteiger partial charge in [-0.15, -0.1) is 0 Å². The molecule has 1 aromatic carbocycles. The van der Waals surface area contributed by atoms with Crippen molar-refractivity contribution in [2.75, 3.05) is 0 Å². The van der Waals surface area contributed by atoms with E-state index in [2.05, 4.69) is 44.4 Å². The van der Waals surface area contributed by atoms with Gasteiger partial charge in [0.05, 0.1) is 6.04 Å². The molecule has 1 N–H and O–H groups in total. The summed E-state index contributed by atoms with van der Waals surface area (Å²) < 4.78 is 0.700. The zero-order valence-electron chi connectivity index (χ0n) is 11.8. The maximum atomic E-state index is 12.2. The van der Waals surface area contributed by atoms with Crippen LogP contribution in [0.15, 0.2) is 41.0 Å². The van der Waals surface area contributed by atoms with Crippen molar-refractivity contribution < 1.29 is 4.79 Å². The molecule has 0 saturated heterocycles. The number of rotatable bonds is 3. The lowest BCUT2D eigenvalue weighted by atomic mass is 10.00. The number of hydrogen-bond acceptors (Lipinski definition) is 2. The fraction of sp³-hybridized carbons (Fsp3) is 0.250. The monoisotopic (exact) mass is 332 g/mol. The minimum atomic E-state index is -0.175. The van der Waals surface area contributed by atoms with Crippen LogP contribution in [0.4, 0.5) is 0 Å². The van der Waals surface area contributed by atoms with E-state index in [1.54, 1.807) is 12.3 Å². The highest BCUT2D eigenvalue weighted by Crippen LogP contribution is 2.20. The Kier molecular flexibility index (Phi) is 4.55. The lowest BCUT2D eigenvalue weighted by molar-refractivity contribution is 0.0934. The quantitative estimate of drug-likeness (QED) is 0.924. The van der Waals surface area contributed by atoms with Gasteiger partial charge < -0.3 is 5.32 Å². The van der Waals surface area contributed by atoms with Crippen molar-refractivity contribution in [2.24, 2.45) is 0 Å². The number of amides is 1. The number of halogens is 1. The lowest BCUT2D eigenvalue weighted by Crippen LogP contribution is -2.28. The molecule has 1 heterocycles. The Bertz CT molecular complexity index is 640. The first-order valence-electron chi connectivity index (χ1n) is 6.47. The maximum absolute atomic E-state index is 12.2. The van der Waals surface area contributed by atoms with E-state index < -0.39 is 0 Å². The van der Waals surface area contributed by atoms with E-state index in [0.717, 1.165) is 5.56 Å². The van der Waals surface area contributed by atoms with Crippen LogP contribution in [0.5, 0.6) is 0 Å². The molecular weight excluding hydrogens is 316 g/mol. The largest absolute Gasteiger partial charge is 0.344 e. The standard InChI is InChI=1S/C16H17BrN2O/c1-10-6-7-11(2)13(9-10)12(3)19-16(20)15-14(17)5-4-8-18-15/h4-9,12H,1-3H3,(H,19,20). The molecule has 1 unspecified atom stereocenters. The van der Waals surface area contributed by atoms with Gasteiger partial charge in [-0.3, -0.25) is 4.79 Å². The zero-order valence-corrected chi connectivity index (χ0v) is 13.4. The van der Waals surface area contributed by atoms with Gasteiger partial charge >= 0.3 is 0 Å².